The molecule has 0 spiro atoms. The van der Waals surface area contributed by atoms with Gasteiger partial charge in [0.15, 0.2) is 0 Å². The van der Waals surface area contributed by atoms with Gasteiger partial charge in [0.1, 0.15) is 6.42 Å². The van der Waals surface area contributed by atoms with Gasteiger partial charge in [-0.05, 0) is 24.8 Å². The van der Waals surface area contributed by atoms with Crippen molar-refractivity contribution < 1.29 is 9.59 Å². The third-order valence-electron chi connectivity index (χ3n) is 3.92. The van der Waals surface area contributed by atoms with E-state index in [-0.39, 0.29) is 24.3 Å². The highest BCUT2D eigenvalue weighted by molar-refractivity contribution is 5.78. The molecule has 0 bridgehead atoms. The lowest BCUT2D eigenvalue weighted by atomic mass is 10.0. The van der Waals surface area contributed by atoms with Crippen LogP contribution in [-0.4, -0.2) is 35.8 Å². The smallest absolute Gasteiger partial charge is 0.234 e. The average molecular weight is 299 g/mol. The summed E-state index contributed by atoms with van der Waals surface area (Å²) in [5, 5.41) is 11.3. The number of hydrogen-bond donors (Lipinski definition) is 1. The molecule has 0 aromatic heterocycles. The van der Waals surface area contributed by atoms with Crippen LogP contribution in [0.5, 0.6) is 0 Å². The number of hydrogen-bond acceptors (Lipinski definition) is 3. The molecule has 1 aliphatic rings. The van der Waals surface area contributed by atoms with Gasteiger partial charge >= 0.3 is 0 Å². The van der Waals surface area contributed by atoms with Gasteiger partial charge in [0.05, 0.1) is 6.07 Å². The van der Waals surface area contributed by atoms with Crippen molar-refractivity contribution in [2.24, 2.45) is 0 Å². The lowest BCUT2D eigenvalue weighted by molar-refractivity contribution is -0.132. The molecule has 22 heavy (non-hydrogen) atoms. The van der Waals surface area contributed by atoms with Gasteiger partial charge in [-0.1, -0.05) is 30.3 Å². The Bertz CT molecular complexity index is 543. The van der Waals surface area contributed by atoms with E-state index in [4.69, 9.17) is 5.26 Å². The Balaban J connectivity index is 1.71. The first-order valence-electron chi connectivity index (χ1n) is 7.67. The van der Waals surface area contributed by atoms with Crippen LogP contribution in [-0.2, 0) is 16.0 Å². The lowest BCUT2D eigenvalue weighted by Crippen LogP contribution is -2.46. The second-order valence-corrected chi connectivity index (χ2v) is 5.54. The minimum Gasteiger partial charge on any atom is -0.352 e. The van der Waals surface area contributed by atoms with Crippen LogP contribution in [0.25, 0.3) is 0 Å². The Morgan fingerprint density at radius 1 is 1.23 bits per heavy atom. The Hall–Kier alpha value is -2.35. The zero-order valence-electron chi connectivity index (χ0n) is 12.6. The Labute approximate surface area is 130 Å². The minimum atomic E-state index is -0.226. The maximum absolute atomic E-state index is 12.2. The molecule has 1 N–H and O–H groups in total. The van der Waals surface area contributed by atoms with Crippen LogP contribution in [0.2, 0.25) is 0 Å². The summed E-state index contributed by atoms with van der Waals surface area (Å²) in [4.78, 5) is 25.4. The topological polar surface area (TPSA) is 73.2 Å². The number of aryl methyl sites for hydroxylation is 1. The molecule has 5 nitrogen and oxygen atoms in total. The van der Waals surface area contributed by atoms with Crippen molar-refractivity contribution in [1.29, 1.82) is 5.26 Å². The van der Waals surface area contributed by atoms with E-state index in [9.17, 15) is 9.59 Å². The van der Waals surface area contributed by atoms with Crippen LogP contribution in [0, 0.1) is 11.3 Å². The number of carbonyl (C=O) groups excluding carboxylic acids is 2. The molecule has 1 aliphatic heterocycles. The van der Waals surface area contributed by atoms with Crippen LogP contribution in [0.15, 0.2) is 30.3 Å². The molecule has 0 aliphatic carbocycles. The van der Waals surface area contributed by atoms with Gasteiger partial charge in [0.2, 0.25) is 11.8 Å². The van der Waals surface area contributed by atoms with Crippen molar-refractivity contribution in [3.05, 3.63) is 35.9 Å². The highest BCUT2D eigenvalue weighted by atomic mass is 16.2. The van der Waals surface area contributed by atoms with Gasteiger partial charge in [-0.25, -0.2) is 0 Å². The van der Waals surface area contributed by atoms with Gasteiger partial charge in [-0.3, -0.25) is 9.59 Å². The Morgan fingerprint density at radius 3 is 2.55 bits per heavy atom. The third kappa shape index (κ3) is 4.88. The van der Waals surface area contributed by atoms with Crippen molar-refractivity contribution in [2.45, 2.75) is 38.1 Å². The molecule has 2 rings (SSSR count). The fraction of sp³-hybridized carbons (Fsp3) is 0.471. The third-order valence-corrected chi connectivity index (χ3v) is 3.92. The molecule has 1 saturated heterocycles. The number of nitriles is 1. The molecule has 2 amide bonds. The van der Waals surface area contributed by atoms with Gasteiger partial charge in [0, 0.05) is 25.6 Å². The number of benzene rings is 1. The van der Waals surface area contributed by atoms with Crippen molar-refractivity contribution in [3.8, 4) is 6.07 Å². The maximum atomic E-state index is 12.2. The van der Waals surface area contributed by atoms with Crippen LogP contribution in [0.1, 0.15) is 31.2 Å². The van der Waals surface area contributed by atoms with E-state index in [1.165, 1.54) is 5.56 Å². The quantitative estimate of drug-likeness (QED) is 0.898. The highest BCUT2D eigenvalue weighted by Gasteiger charge is 2.23. The van der Waals surface area contributed by atoms with E-state index in [0.717, 1.165) is 19.3 Å². The molecular weight excluding hydrogens is 278 g/mol. The van der Waals surface area contributed by atoms with Crippen LogP contribution in [0.3, 0.4) is 0 Å². The van der Waals surface area contributed by atoms with Gasteiger partial charge in [-0.2, -0.15) is 5.26 Å². The molecule has 5 heteroatoms. The molecular formula is C17H21N3O2. The Kier molecular flexibility index (Phi) is 5.96. The highest BCUT2D eigenvalue weighted by Crippen LogP contribution is 2.13. The summed E-state index contributed by atoms with van der Waals surface area (Å²) in [5.41, 5.74) is 1.18. The molecule has 1 aromatic carbocycles. The molecule has 116 valence electrons. The first-order valence-corrected chi connectivity index (χ1v) is 7.67. The summed E-state index contributed by atoms with van der Waals surface area (Å²) in [6.07, 6.45) is 2.70. The van der Waals surface area contributed by atoms with Gasteiger partial charge in [-0.15, -0.1) is 0 Å². The molecule has 0 atom stereocenters. The van der Waals surface area contributed by atoms with Crippen molar-refractivity contribution >= 4 is 11.8 Å². The normalized spacial score (nSPS) is 15.1. The van der Waals surface area contributed by atoms with E-state index in [1.54, 1.807) is 0 Å². The second-order valence-electron chi connectivity index (χ2n) is 5.54. The molecule has 1 fully saturated rings. The van der Waals surface area contributed by atoms with Crippen molar-refractivity contribution in [1.82, 2.24) is 10.2 Å². The largest absolute Gasteiger partial charge is 0.352 e. The molecule has 0 saturated carbocycles. The van der Waals surface area contributed by atoms with E-state index >= 15 is 0 Å². The number of likely N-dealkylation sites (tertiary alicyclic amines) is 1. The predicted octanol–water partition coefficient (Wildman–Crippen LogP) is 1.64. The summed E-state index contributed by atoms with van der Waals surface area (Å²) < 4.78 is 0. The summed E-state index contributed by atoms with van der Waals surface area (Å²) in [6.45, 7) is 1.34. The predicted molar refractivity (Wildman–Crippen MR) is 82.7 cm³/mol. The number of carbonyl (C=O) groups is 2. The number of nitrogens with one attached hydrogen (secondary N) is 1. The van der Waals surface area contributed by atoms with E-state index in [0.29, 0.717) is 19.5 Å². The lowest BCUT2D eigenvalue weighted by Gasteiger charge is -2.32. The molecule has 0 unspecified atom stereocenters. The monoisotopic (exact) mass is 299 g/mol. The van der Waals surface area contributed by atoms with Gasteiger partial charge < -0.3 is 10.2 Å². The second kappa shape index (κ2) is 8.18. The van der Waals surface area contributed by atoms with E-state index in [1.807, 2.05) is 41.3 Å². The van der Waals surface area contributed by atoms with E-state index in [2.05, 4.69) is 5.32 Å². The molecule has 0 radical (unpaired) electrons. The standard InChI is InChI=1S/C17H21N3O2/c18-11-8-16(21)19-15-9-12-20(13-10-15)17(22)7-6-14-4-2-1-3-5-14/h1-5,15H,6-10,12-13H2,(H,19,21). The average Bonchev–Trinajstić information content (AvgIpc) is 2.54. The first-order chi connectivity index (χ1) is 10.7. The fourth-order valence-electron chi connectivity index (χ4n) is 2.68. The summed E-state index contributed by atoms with van der Waals surface area (Å²) in [6, 6.07) is 11.9. The first kappa shape index (κ1) is 16.0. The summed E-state index contributed by atoms with van der Waals surface area (Å²) in [5.74, 6) is -0.0537. The van der Waals surface area contributed by atoms with E-state index < -0.39 is 0 Å². The number of piperidine rings is 1. The molecule has 1 aromatic rings. The summed E-state index contributed by atoms with van der Waals surface area (Å²) >= 11 is 0. The van der Waals surface area contributed by atoms with Crippen molar-refractivity contribution in [3.63, 3.8) is 0 Å². The summed E-state index contributed by atoms with van der Waals surface area (Å²) in [7, 11) is 0. The number of rotatable bonds is 5. The fourth-order valence-corrected chi connectivity index (χ4v) is 2.68. The van der Waals surface area contributed by atoms with Gasteiger partial charge in [0.25, 0.3) is 0 Å². The van der Waals surface area contributed by atoms with Crippen molar-refractivity contribution in [2.75, 3.05) is 13.1 Å². The van der Waals surface area contributed by atoms with Crippen LogP contribution in [0.4, 0.5) is 0 Å². The zero-order chi connectivity index (χ0) is 15.8. The van der Waals surface area contributed by atoms with Crippen LogP contribution < -0.4 is 5.32 Å². The SMILES string of the molecule is N#CCC(=O)NC1CCN(C(=O)CCc2ccccc2)CC1. The molecule has 1 heterocycles. The number of nitrogens with zero attached hydrogens (tertiary/aromatic N) is 2. The zero-order valence-corrected chi connectivity index (χ0v) is 12.6. The minimum absolute atomic E-state index is 0.0824. The number of amides is 2. The maximum Gasteiger partial charge on any atom is 0.234 e. The van der Waals surface area contributed by atoms with Crippen LogP contribution >= 0.6 is 0 Å². The Morgan fingerprint density at radius 2 is 1.91 bits per heavy atom.